The molecule has 128 valence electrons. The molecule has 5 heteroatoms. The van der Waals surface area contributed by atoms with Gasteiger partial charge in [0.25, 0.3) is 0 Å². The van der Waals surface area contributed by atoms with Crippen LogP contribution in [0.5, 0.6) is 5.75 Å². The van der Waals surface area contributed by atoms with Crippen LogP contribution in [0, 0.1) is 0 Å². The molecule has 1 atom stereocenters. The molecule has 5 nitrogen and oxygen atoms in total. The predicted octanol–water partition coefficient (Wildman–Crippen LogP) is 3.68. The van der Waals surface area contributed by atoms with Gasteiger partial charge in [-0.15, -0.1) is 5.48 Å². The summed E-state index contributed by atoms with van der Waals surface area (Å²) in [6.07, 6.45) is 5.07. The molecule has 0 aliphatic carbocycles. The highest BCUT2D eigenvalue weighted by Crippen LogP contribution is 2.26. The van der Waals surface area contributed by atoms with Crippen LogP contribution in [0.15, 0.2) is 78.7 Å². The maximum atomic E-state index is 13.0. The lowest BCUT2D eigenvalue weighted by molar-refractivity contribution is 0.0943. The van der Waals surface area contributed by atoms with Gasteiger partial charge in [-0.2, -0.15) is 0 Å². The molecule has 0 radical (unpaired) electrons. The van der Waals surface area contributed by atoms with E-state index in [1.807, 2.05) is 55.5 Å². The normalized spacial score (nSPS) is 19.4. The first-order valence-corrected chi connectivity index (χ1v) is 7.94. The van der Waals surface area contributed by atoms with Crippen molar-refractivity contribution in [3.8, 4) is 5.75 Å². The minimum atomic E-state index is -0.716. The molecule has 1 heterocycles. The first-order chi connectivity index (χ1) is 12.1. The molecule has 0 saturated heterocycles. The van der Waals surface area contributed by atoms with E-state index in [4.69, 9.17) is 9.57 Å². The van der Waals surface area contributed by atoms with Gasteiger partial charge in [-0.25, -0.2) is 0 Å². The molecule has 0 unspecified atom stereocenters. The number of Topliss-reactive ketones (excluding diaryl/α,β-unsaturated/α-hetero) is 1. The first kappa shape index (κ1) is 16.8. The number of ketones is 1. The van der Waals surface area contributed by atoms with Crippen LogP contribution in [0.25, 0.3) is 0 Å². The third-order valence-electron chi connectivity index (χ3n) is 4.05. The molecule has 2 N–H and O–H groups in total. The number of methoxy groups -OCH3 is 1. The highest BCUT2D eigenvalue weighted by atomic mass is 16.6. The van der Waals surface area contributed by atoms with Crippen molar-refractivity contribution in [1.29, 1.82) is 0 Å². The largest absolute Gasteiger partial charge is 0.497 e. The van der Waals surface area contributed by atoms with Gasteiger partial charge in [-0.1, -0.05) is 30.3 Å². The number of carbonyl (C=O) groups excluding carboxylic acids is 1. The fraction of sp³-hybridized carbons (Fsp3) is 0.150. The van der Waals surface area contributed by atoms with Crippen molar-refractivity contribution in [3.05, 3.63) is 84.3 Å². The van der Waals surface area contributed by atoms with Gasteiger partial charge < -0.3 is 14.9 Å². The van der Waals surface area contributed by atoms with Crippen molar-refractivity contribution >= 4 is 11.5 Å². The van der Waals surface area contributed by atoms with E-state index >= 15 is 0 Å². The molecule has 2 aromatic carbocycles. The number of carbonyl (C=O) groups is 1. The third kappa shape index (κ3) is 3.72. The molecule has 3 rings (SSSR count). The van der Waals surface area contributed by atoms with Crippen molar-refractivity contribution < 1.29 is 14.4 Å². The molecule has 0 aromatic heterocycles. The fourth-order valence-electron chi connectivity index (χ4n) is 2.54. The van der Waals surface area contributed by atoms with Crippen molar-refractivity contribution in [3.63, 3.8) is 0 Å². The van der Waals surface area contributed by atoms with Crippen molar-refractivity contribution in [2.45, 2.75) is 12.5 Å². The minimum absolute atomic E-state index is 0.0771. The van der Waals surface area contributed by atoms with E-state index in [9.17, 15) is 4.79 Å². The number of ether oxygens (including phenoxy) is 1. The highest BCUT2D eigenvalue weighted by molar-refractivity contribution is 6.10. The number of rotatable bonds is 6. The van der Waals surface area contributed by atoms with Crippen molar-refractivity contribution in [1.82, 2.24) is 5.48 Å². The zero-order chi connectivity index (χ0) is 17.7. The van der Waals surface area contributed by atoms with Crippen LogP contribution in [-0.2, 0) is 4.84 Å². The Morgan fingerprint density at radius 3 is 2.48 bits per heavy atom. The van der Waals surface area contributed by atoms with Gasteiger partial charge in [0, 0.05) is 23.0 Å². The Balaban J connectivity index is 1.90. The average Bonchev–Trinajstić information content (AvgIpc) is 3.10. The Labute approximate surface area is 146 Å². The van der Waals surface area contributed by atoms with Gasteiger partial charge in [0.1, 0.15) is 17.6 Å². The summed E-state index contributed by atoms with van der Waals surface area (Å²) in [7, 11) is 1.62. The standard InChI is InChI=1S/C20H20N2O3/c1-20(12-13-25-22-20)18(19(23)15-6-4-3-5-7-15)14-21-16-8-10-17(24-2)11-9-16/h3-14,21-22H,1-2H3/b18-14-/t20-/m0/s1. The van der Waals surface area contributed by atoms with Gasteiger partial charge in [0.15, 0.2) is 5.78 Å². The fourth-order valence-corrected chi connectivity index (χ4v) is 2.54. The Morgan fingerprint density at radius 1 is 1.16 bits per heavy atom. The number of hydrogen-bond donors (Lipinski definition) is 2. The van der Waals surface area contributed by atoms with E-state index < -0.39 is 5.54 Å². The van der Waals surface area contributed by atoms with Crippen LogP contribution < -0.4 is 15.5 Å². The second-order valence-electron chi connectivity index (χ2n) is 5.85. The molecular weight excluding hydrogens is 316 g/mol. The Hall–Kier alpha value is -3.05. The monoisotopic (exact) mass is 336 g/mol. The summed E-state index contributed by atoms with van der Waals surface area (Å²) in [5.41, 5.74) is 4.18. The summed E-state index contributed by atoms with van der Waals surface area (Å²) >= 11 is 0. The number of anilines is 1. The van der Waals surface area contributed by atoms with Gasteiger partial charge in [-0.3, -0.25) is 4.79 Å². The molecule has 2 aromatic rings. The maximum Gasteiger partial charge on any atom is 0.192 e. The van der Waals surface area contributed by atoms with Crippen molar-refractivity contribution in [2.24, 2.45) is 0 Å². The van der Waals surface area contributed by atoms with E-state index in [0.717, 1.165) is 11.4 Å². The topological polar surface area (TPSA) is 59.6 Å². The van der Waals surface area contributed by atoms with E-state index in [2.05, 4.69) is 10.8 Å². The van der Waals surface area contributed by atoms with Crippen molar-refractivity contribution in [2.75, 3.05) is 12.4 Å². The van der Waals surface area contributed by atoms with Crippen LogP contribution in [0.2, 0.25) is 0 Å². The molecule has 0 fully saturated rings. The number of nitrogens with one attached hydrogen (secondary N) is 2. The maximum absolute atomic E-state index is 13.0. The molecule has 0 spiro atoms. The summed E-state index contributed by atoms with van der Waals surface area (Å²) in [4.78, 5) is 18.1. The number of hydroxylamine groups is 1. The summed E-state index contributed by atoms with van der Waals surface area (Å²) in [5, 5.41) is 3.18. The quantitative estimate of drug-likeness (QED) is 0.622. The zero-order valence-corrected chi connectivity index (χ0v) is 14.2. The molecule has 0 amide bonds. The molecule has 25 heavy (non-hydrogen) atoms. The lowest BCUT2D eigenvalue weighted by atomic mass is 9.87. The van der Waals surface area contributed by atoms with E-state index in [-0.39, 0.29) is 5.78 Å². The lowest BCUT2D eigenvalue weighted by Gasteiger charge is -2.24. The predicted molar refractivity (Wildman–Crippen MR) is 97.2 cm³/mol. The van der Waals surface area contributed by atoms with Gasteiger partial charge >= 0.3 is 0 Å². The Morgan fingerprint density at radius 2 is 1.88 bits per heavy atom. The van der Waals surface area contributed by atoms with E-state index in [1.54, 1.807) is 31.7 Å². The molecule has 1 aliphatic heterocycles. The van der Waals surface area contributed by atoms with Crippen LogP contribution in [-0.4, -0.2) is 18.4 Å². The summed E-state index contributed by atoms with van der Waals surface area (Å²) < 4.78 is 5.16. The van der Waals surface area contributed by atoms with E-state index in [1.165, 1.54) is 0 Å². The third-order valence-corrected chi connectivity index (χ3v) is 4.05. The molecular formula is C20H20N2O3. The summed E-state index contributed by atoms with van der Waals surface area (Å²) in [5.74, 6) is 0.697. The molecule has 0 bridgehead atoms. The minimum Gasteiger partial charge on any atom is -0.497 e. The lowest BCUT2D eigenvalue weighted by Crippen LogP contribution is -2.41. The van der Waals surface area contributed by atoms with Gasteiger partial charge in [0.2, 0.25) is 0 Å². The second kappa shape index (κ2) is 7.23. The first-order valence-electron chi connectivity index (χ1n) is 7.94. The van der Waals surface area contributed by atoms with Crippen LogP contribution >= 0.6 is 0 Å². The SMILES string of the molecule is COc1ccc(N/C=C(/C(=O)c2ccccc2)[C@]2(C)C=CON2)cc1. The second-order valence-corrected chi connectivity index (χ2v) is 5.85. The van der Waals surface area contributed by atoms with Gasteiger partial charge in [0.05, 0.1) is 7.11 Å². The Kier molecular flexibility index (Phi) is 4.86. The average molecular weight is 336 g/mol. The zero-order valence-electron chi connectivity index (χ0n) is 14.2. The Bertz CT molecular complexity index is 797. The molecule has 0 saturated carbocycles. The smallest absolute Gasteiger partial charge is 0.192 e. The summed E-state index contributed by atoms with van der Waals surface area (Å²) in [6.45, 7) is 1.89. The van der Waals surface area contributed by atoms with Crippen LogP contribution in [0.1, 0.15) is 17.3 Å². The van der Waals surface area contributed by atoms with Gasteiger partial charge in [-0.05, 0) is 37.3 Å². The molecule has 1 aliphatic rings. The van der Waals surface area contributed by atoms with Crippen LogP contribution in [0.4, 0.5) is 5.69 Å². The number of hydrogen-bond acceptors (Lipinski definition) is 5. The van der Waals surface area contributed by atoms with Crippen LogP contribution in [0.3, 0.4) is 0 Å². The summed E-state index contributed by atoms with van der Waals surface area (Å²) in [6, 6.07) is 16.7. The highest BCUT2D eigenvalue weighted by Gasteiger charge is 2.35. The van der Waals surface area contributed by atoms with E-state index in [0.29, 0.717) is 11.1 Å². The number of benzene rings is 2.